The molecule has 1 unspecified atom stereocenters. The number of fused-ring (bicyclic) bond motifs is 2. The number of para-hydroxylation sites is 1. The maximum absolute atomic E-state index is 10.0. The minimum Gasteiger partial charge on any atom is -0.492 e. The maximum Gasteiger partial charge on any atom is 0.119 e. The summed E-state index contributed by atoms with van der Waals surface area (Å²) in [5.74, 6) is 1.57. The summed E-state index contributed by atoms with van der Waals surface area (Å²) in [7, 11) is 0. The predicted molar refractivity (Wildman–Crippen MR) is 173 cm³/mol. The normalized spacial score (nSPS) is 16.3. The van der Waals surface area contributed by atoms with E-state index >= 15 is 0 Å². The highest BCUT2D eigenvalue weighted by molar-refractivity contribution is 7.99. The average Bonchev–Trinajstić information content (AvgIpc) is 3.00. The third-order valence-corrected chi connectivity index (χ3v) is 8.98. The molecule has 226 valence electrons. The standard InChI is InChI=1S/C33H43ClN4O3S/c1-25(2)35-23-27(39)24-41-29-11-9-28(10-12-29)40-21-20-37-18-16-36(17-19-37)14-5-15-38-30-6-3-4-7-32(30)42-33-13-8-26(34)22-31(33)38/h3-4,6-13,22,25,27,35,39H,5,14-21,23-24H2,1-2H3. The molecule has 42 heavy (non-hydrogen) atoms. The molecule has 2 aliphatic heterocycles. The van der Waals surface area contributed by atoms with Crippen LogP contribution in [0.2, 0.25) is 5.02 Å². The number of aliphatic hydroxyl groups excluding tert-OH is 1. The van der Waals surface area contributed by atoms with Crippen molar-refractivity contribution in [1.82, 2.24) is 15.1 Å². The molecule has 5 rings (SSSR count). The summed E-state index contributed by atoms with van der Waals surface area (Å²) in [6, 6.07) is 22.9. The summed E-state index contributed by atoms with van der Waals surface area (Å²) in [4.78, 5) is 10.1. The molecule has 1 fully saturated rings. The quantitative estimate of drug-likeness (QED) is 0.239. The van der Waals surface area contributed by atoms with Gasteiger partial charge in [-0.15, -0.1) is 0 Å². The summed E-state index contributed by atoms with van der Waals surface area (Å²) < 4.78 is 11.7. The van der Waals surface area contributed by atoms with Gasteiger partial charge in [-0.2, -0.15) is 0 Å². The number of ether oxygens (including phenoxy) is 2. The zero-order chi connectivity index (χ0) is 29.3. The first-order chi connectivity index (χ1) is 20.4. The van der Waals surface area contributed by atoms with Crippen LogP contribution in [0.1, 0.15) is 20.3 Å². The molecular formula is C33H43ClN4O3S. The highest BCUT2D eigenvalue weighted by Gasteiger charge is 2.24. The van der Waals surface area contributed by atoms with E-state index in [0.29, 0.717) is 19.2 Å². The number of piperazine rings is 1. The number of aliphatic hydroxyl groups is 1. The van der Waals surface area contributed by atoms with Gasteiger partial charge in [0.05, 0.1) is 11.4 Å². The lowest BCUT2D eigenvalue weighted by Gasteiger charge is -2.36. The fraction of sp³-hybridized carbons (Fsp3) is 0.455. The Hall–Kier alpha value is -2.46. The van der Waals surface area contributed by atoms with Crippen molar-refractivity contribution in [2.45, 2.75) is 42.2 Å². The molecule has 7 nitrogen and oxygen atoms in total. The molecule has 0 bridgehead atoms. The Labute approximate surface area is 259 Å². The number of halogens is 1. The van der Waals surface area contributed by atoms with E-state index in [1.54, 1.807) is 0 Å². The van der Waals surface area contributed by atoms with Crippen LogP contribution in [0.25, 0.3) is 0 Å². The van der Waals surface area contributed by atoms with Gasteiger partial charge in [-0.1, -0.05) is 49.3 Å². The van der Waals surface area contributed by atoms with Gasteiger partial charge in [-0.05, 0) is 67.6 Å². The molecule has 2 N–H and O–H groups in total. The Morgan fingerprint density at radius 1 is 0.833 bits per heavy atom. The van der Waals surface area contributed by atoms with Crippen molar-refractivity contribution in [3.63, 3.8) is 0 Å². The molecule has 0 aromatic heterocycles. The van der Waals surface area contributed by atoms with Crippen molar-refractivity contribution in [3.8, 4) is 11.5 Å². The second-order valence-corrected chi connectivity index (χ2v) is 12.7. The second-order valence-electron chi connectivity index (χ2n) is 11.2. The van der Waals surface area contributed by atoms with Crippen LogP contribution < -0.4 is 19.7 Å². The lowest BCUT2D eigenvalue weighted by Crippen LogP contribution is -2.47. The Morgan fingerprint density at radius 2 is 1.50 bits per heavy atom. The number of nitrogens with one attached hydrogen (secondary N) is 1. The van der Waals surface area contributed by atoms with Crippen molar-refractivity contribution in [2.24, 2.45) is 0 Å². The number of rotatable bonds is 14. The van der Waals surface area contributed by atoms with Gasteiger partial charge in [0.2, 0.25) is 0 Å². The lowest BCUT2D eigenvalue weighted by molar-refractivity contribution is 0.104. The van der Waals surface area contributed by atoms with Crippen molar-refractivity contribution in [3.05, 3.63) is 71.8 Å². The number of nitrogens with zero attached hydrogens (tertiary/aromatic N) is 3. The van der Waals surface area contributed by atoms with E-state index < -0.39 is 6.10 Å². The van der Waals surface area contributed by atoms with E-state index in [0.717, 1.165) is 68.8 Å². The molecule has 0 radical (unpaired) electrons. The van der Waals surface area contributed by atoms with E-state index in [4.69, 9.17) is 21.1 Å². The highest BCUT2D eigenvalue weighted by Crippen LogP contribution is 2.48. The fourth-order valence-electron chi connectivity index (χ4n) is 5.28. The van der Waals surface area contributed by atoms with E-state index in [-0.39, 0.29) is 6.61 Å². The van der Waals surface area contributed by atoms with Crippen LogP contribution in [0.15, 0.2) is 76.5 Å². The number of hydrogen-bond acceptors (Lipinski definition) is 8. The maximum atomic E-state index is 10.0. The Bertz CT molecular complexity index is 1270. The third kappa shape index (κ3) is 8.78. The summed E-state index contributed by atoms with van der Waals surface area (Å²) in [6.07, 6.45) is 0.564. The summed E-state index contributed by atoms with van der Waals surface area (Å²) >= 11 is 8.21. The molecule has 2 aliphatic rings. The molecule has 3 aromatic rings. The molecule has 1 saturated heterocycles. The molecule has 3 aromatic carbocycles. The topological polar surface area (TPSA) is 60.4 Å². The van der Waals surface area contributed by atoms with Crippen LogP contribution in [0.4, 0.5) is 11.4 Å². The van der Waals surface area contributed by atoms with Gasteiger partial charge in [0.15, 0.2) is 0 Å². The minimum absolute atomic E-state index is 0.264. The summed E-state index contributed by atoms with van der Waals surface area (Å²) in [6.45, 7) is 12.8. The summed E-state index contributed by atoms with van der Waals surface area (Å²) in [5.41, 5.74) is 2.49. The van der Waals surface area contributed by atoms with Crippen LogP contribution in [-0.4, -0.2) is 92.6 Å². The molecule has 0 spiro atoms. The lowest BCUT2D eigenvalue weighted by atomic mass is 10.2. The van der Waals surface area contributed by atoms with Gasteiger partial charge >= 0.3 is 0 Å². The van der Waals surface area contributed by atoms with Gasteiger partial charge in [0, 0.05) is 66.7 Å². The van der Waals surface area contributed by atoms with Crippen LogP contribution in [0.5, 0.6) is 11.5 Å². The van der Waals surface area contributed by atoms with Crippen molar-refractivity contribution in [1.29, 1.82) is 0 Å². The average molecular weight is 611 g/mol. The predicted octanol–water partition coefficient (Wildman–Crippen LogP) is 5.77. The van der Waals surface area contributed by atoms with Gasteiger partial charge in [-0.3, -0.25) is 4.90 Å². The fourth-order valence-corrected chi connectivity index (χ4v) is 6.52. The van der Waals surface area contributed by atoms with Crippen LogP contribution in [0.3, 0.4) is 0 Å². The first-order valence-electron chi connectivity index (χ1n) is 15.0. The Morgan fingerprint density at radius 3 is 2.24 bits per heavy atom. The molecule has 0 aliphatic carbocycles. The first-order valence-corrected chi connectivity index (χ1v) is 16.2. The van der Waals surface area contributed by atoms with Crippen molar-refractivity contribution < 1.29 is 14.6 Å². The Balaban J connectivity index is 0.991. The van der Waals surface area contributed by atoms with E-state index in [2.05, 4.69) is 70.3 Å². The van der Waals surface area contributed by atoms with Gasteiger partial charge in [0.1, 0.15) is 30.8 Å². The third-order valence-electron chi connectivity index (χ3n) is 7.61. The molecular weight excluding hydrogens is 568 g/mol. The van der Waals surface area contributed by atoms with E-state index in [9.17, 15) is 5.11 Å². The number of hydrogen-bond donors (Lipinski definition) is 2. The zero-order valence-corrected chi connectivity index (χ0v) is 26.2. The van der Waals surface area contributed by atoms with Crippen molar-refractivity contribution >= 4 is 34.7 Å². The SMILES string of the molecule is CC(C)NCC(O)COc1ccc(OCCN2CCN(CCCN3c4ccccc4Sc4ccc(Cl)cc43)CC2)cc1. The minimum atomic E-state index is -0.535. The van der Waals surface area contributed by atoms with Gasteiger partial charge in [0.25, 0.3) is 0 Å². The molecule has 0 amide bonds. The van der Waals surface area contributed by atoms with Crippen LogP contribution >= 0.6 is 23.4 Å². The van der Waals surface area contributed by atoms with Crippen LogP contribution in [0, 0.1) is 0 Å². The number of benzene rings is 3. The highest BCUT2D eigenvalue weighted by atomic mass is 35.5. The molecule has 9 heteroatoms. The van der Waals surface area contributed by atoms with Crippen LogP contribution in [-0.2, 0) is 0 Å². The molecule has 0 saturated carbocycles. The Kier molecular flexibility index (Phi) is 11.3. The first kappa shape index (κ1) is 31.0. The zero-order valence-electron chi connectivity index (χ0n) is 24.7. The largest absolute Gasteiger partial charge is 0.492 e. The smallest absolute Gasteiger partial charge is 0.119 e. The monoisotopic (exact) mass is 610 g/mol. The molecule has 2 heterocycles. The number of anilines is 2. The van der Waals surface area contributed by atoms with Crippen molar-refractivity contribution in [2.75, 3.05) is 70.5 Å². The second kappa shape index (κ2) is 15.3. The molecule has 1 atom stereocenters. The summed E-state index contributed by atoms with van der Waals surface area (Å²) in [5, 5.41) is 14.0. The van der Waals surface area contributed by atoms with E-state index in [1.165, 1.54) is 21.2 Å². The van der Waals surface area contributed by atoms with E-state index in [1.807, 2.05) is 42.1 Å². The van der Waals surface area contributed by atoms with Gasteiger partial charge < -0.3 is 29.7 Å². The van der Waals surface area contributed by atoms with Gasteiger partial charge in [-0.25, -0.2) is 0 Å².